The summed E-state index contributed by atoms with van der Waals surface area (Å²) in [6, 6.07) is 9.62. The van der Waals surface area contributed by atoms with E-state index in [9.17, 15) is 14.7 Å². The summed E-state index contributed by atoms with van der Waals surface area (Å²) in [5, 5.41) is 11.1. The van der Waals surface area contributed by atoms with Crippen molar-refractivity contribution in [2.24, 2.45) is 0 Å². The molecule has 0 saturated carbocycles. The Bertz CT molecular complexity index is 974. The zero-order valence-electron chi connectivity index (χ0n) is 18.6. The summed E-state index contributed by atoms with van der Waals surface area (Å²) in [5.74, 6) is 0.130. The first-order valence-electron chi connectivity index (χ1n) is 10.7. The first-order chi connectivity index (χ1) is 14.9. The fourth-order valence-corrected chi connectivity index (χ4v) is 3.85. The highest BCUT2D eigenvalue weighted by Gasteiger charge is 2.47. The van der Waals surface area contributed by atoms with Crippen molar-refractivity contribution in [3.63, 3.8) is 0 Å². The van der Waals surface area contributed by atoms with Crippen LogP contribution in [0.1, 0.15) is 43.9 Å². The monoisotopic (exact) mass is 426 g/mol. The molecular weight excluding hydrogens is 396 g/mol. The quantitative estimate of drug-likeness (QED) is 0.374. The predicted octanol–water partition coefficient (Wildman–Crippen LogP) is 3.75. The molecule has 2 heterocycles. The number of likely N-dealkylation sites (N-methyl/N-ethyl adjacent to an activating group) is 1. The molecule has 7 nitrogen and oxygen atoms in total. The molecule has 0 radical (unpaired) electrons. The molecule has 1 amide bonds. The molecule has 0 spiro atoms. The third-order valence-electron chi connectivity index (χ3n) is 5.54. The van der Waals surface area contributed by atoms with Crippen LogP contribution in [0.2, 0.25) is 0 Å². The van der Waals surface area contributed by atoms with Gasteiger partial charge in [-0.3, -0.25) is 9.59 Å². The number of nitrogens with zero attached hydrogens (tertiary/aromatic N) is 2. The Labute approximate surface area is 182 Å². The molecule has 1 aliphatic rings. The minimum atomic E-state index is -0.778. The smallest absolute Gasteiger partial charge is 0.295 e. The maximum Gasteiger partial charge on any atom is 0.295 e. The largest absolute Gasteiger partial charge is 0.507 e. The number of Topliss-reactive ketones (excluding diaryl/α,β-unsaturated/α-hetero) is 1. The summed E-state index contributed by atoms with van der Waals surface area (Å²) >= 11 is 0. The third-order valence-corrected chi connectivity index (χ3v) is 5.54. The number of aliphatic hydroxyl groups is 1. The molecule has 166 valence electrons. The molecular formula is C24H30N2O5. The van der Waals surface area contributed by atoms with E-state index in [1.54, 1.807) is 43.3 Å². The first-order valence-corrected chi connectivity index (χ1v) is 10.7. The minimum Gasteiger partial charge on any atom is -0.507 e. The Morgan fingerprint density at radius 3 is 2.52 bits per heavy atom. The molecule has 1 aromatic carbocycles. The number of hydrogen-bond acceptors (Lipinski definition) is 6. The molecule has 0 bridgehead atoms. The van der Waals surface area contributed by atoms with Crippen molar-refractivity contribution in [3.05, 3.63) is 59.1 Å². The fourth-order valence-electron chi connectivity index (χ4n) is 3.85. The molecule has 1 aliphatic heterocycles. The Balaban J connectivity index is 2.06. The summed E-state index contributed by atoms with van der Waals surface area (Å²) in [5.41, 5.74) is 0.452. The predicted molar refractivity (Wildman–Crippen MR) is 118 cm³/mol. The molecule has 1 aromatic heterocycles. The van der Waals surface area contributed by atoms with Crippen LogP contribution in [0.15, 0.2) is 46.4 Å². The molecule has 1 fully saturated rings. The highest BCUT2D eigenvalue weighted by atomic mass is 16.5. The SMILES string of the molecule is CCOc1cccc(/C(O)=C2/C(=O)C(=O)N(CCN(CC)CC)C2c2ccc(C)o2)c1. The van der Waals surface area contributed by atoms with Gasteiger partial charge in [0.1, 0.15) is 29.1 Å². The number of benzene rings is 1. The lowest BCUT2D eigenvalue weighted by molar-refractivity contribution is -0.140. The number of aryl methyl sites for hydroxylation is 1. The van der Waals surface area contributed by atoms with Crippen LogP contribution in [-0.2, 0) is 9.59 Å². The minimum absolute atomic E-state index is 0.0348. The van der Waals surface area contributed by atoms with E-state index in [-0.39, 0.29) is 11.3 Å². The Hall–Kier alpha value is -3.06. The molecule has 1 unspecified atom stereocenters. The van der Waals surface area contributed by atoms with Crippen molar-refractivity contribution < 1.29 is 23.8 Å². The van der Waals surface area contributed by atoms with Gasteiger partial charge in [-0.25, -0.2) is 0 Å². The molecule has 1 N–H and O–H groups in total. The molecule has 1 atom stereocenters. The summed E-state index contributed by atoms with van der Waals surface area (Å²) in [6.07, 6.45) is 0. The van der Waals surface area contributed by atoms with Gasteiger partial charge in [0.15, 0.2) is 0 Å². The van der Waals surface area contributed by atoms with E-state index in [0.717, 1.165) is 13.1 Å². The maximum atomic E-state index is 13.0. The highest BCUT2D eigenvalue weighted by molar-refractivity contribution is 6.46. The van der Waals surface area contributed by atoms with E-state index in [1.165, 1.54) is 4.90 Å². The van der Waals surface area contributed by atoms with E-state index in [4.69, 9.17) is 9.15 Å². The summed E-state index contributed by atoms with van der Waals surface area (Å²) in [7, 11) is 0. The number of carbonyl (C=O) groups is 2. The topological polar surface area (TPSA) is 83.2 Å². The van der Waals surface area contributed by atoms with Gasteiger partial charge in [-0.05, 0) is 51.2 Å². The lowest BCUT2D eigenvalue weighted by atomic mass is 9.99. The summed E-state index contributed by atoms with van der Waals surface area (Å²) in [6.45, 7) is 10.9. The van der Waals surface area contributed by atoms with Crippen molar-refractivity contribution in [2.45, 2.75) is 33.7 Å². The second kappa shape index (κ2) is 9.83. The van der Waals surface area contributed by atoms with Gasteiger partial charge in [0.25, 0.3) is 11.7 Å². The normalized spacial score (nSPS) is 18.2. The van der Waals surface area contributed by atoms with Gasteiger partial charge >= 0.3 is 0 Å². The highest BCUT2D eigenvalue weighted by Crippen LogP contribution is 2.40. The van der Waals surface area contributed by atoms with Crippen LogP contribution >= 0.6 is 0 Å². The van der Waals surface area contributed by atoms with Crippen LogP contribution in [-0.4, -0.2) is 59.4 Å². The number of rotatable bonds is 9. The van der Waals surface area contributed by atoms with E-state index in [1.807, 2.05) is 6.92 Å². The van der Waals surface area contributed by atoms with Gasteiger partial charge in [-0.1, -0.05) is 26.0 Å². The van der Waals surface area contributed by atoms with E-state index < -0.39 is 17.7 Å². The van der Waals surface area contributed by atoms with Crippen LogP contribution in [0.5, 0.6) is 5.75 Å². The number of furan rings is 1. The average molecular weight is 427 g/mol. The van der Waals surface area contributed by atoms with Crippen LogP contribution in [0, 0.1) is 6.92 Å². The van der Waals surface area contributed by atoms with E-state index in [2.05, 4.69) is 18.7 Å². The first kappa shape index (κ1) is 22.6. The number of ether oxygens (including phenoxy) is 1. The lowest BCUT2D eigenvalue weighted by Crippen LogP contribution is -2.37. The van der Waals surface area contributed by atoms with Crippen molar-refractivity contribution in [1.82, 2.24) is 9.80 Å². The van der Waals surface area contributed by atoms with Crippen molar-refractivity contribution in [1.29, 1.82) is 0 Å². The van der Waals surface area contributed by atoms with Gasteiger partial charge in [0.05, 0.1) is 12.2 Å². The van der Waals surface area contributed by atoms with Gasteiger partial charge in [0.2, 0.25) is 0 Å². The van der Waals surface area contributed by atoms with Gasteiger partial charge in [-0.15, -0.1) is 0 Å². The number of amides is 1. The number of hydrogen-bond donors (Lipinski definition) is 1. The molecule has 7 heteroatoms. The summed E-state index contributed by atoms with van der Waals surface area (Å²) < 4.78 is 11.3. The van der Waals surface area contributed by atoms with Gasteiger partial charge in [-0.2, -0.15) is 0 Å². The molecule has 1 saturated heterocycles. The average Bonchev–Trinajstić information content (AvgIpc) is 3.30. The maximum absolute atomic E-state index is 13.0. The fraction of sp³-hybridized carbons (Fsp3) is 0.417. The lowest BCUT2D eigenvalue weighted by Gasteiger charge is -2.26. The van der Waals surface area contributed by atoms with Crippen LogP contribution in [0.3, 0.4) is 0 Å². The second-order valence-corrected chi connectivity index (χ2v) is 7.43. The number of ketones is 1. The van der Waals surface area contributed by atoms with Crippen molar-refractivity contribution >= 4 is 17.4 Å². The molecule has 0 aliphatic carbocycles. The number of aliphatic hydroxyl groups excluding tert-OH is 1. The zero-order valence-corrected chi connectivity index (χ0v) is 18.6. The van der Waals surface area contributed by atoms with Crippen LogP contribution in [0.25, 0.3) is 5.76 Å². The van der Waals surface area contributed by atoms with Gasteiger partial charge < -0.3 is 24.1 Å². The Morgan fingerprint density at radius 2 is 1.90 bits per heavy atom. The zero-order chi connectivity index (χ0) is 22.5. The van der Waals surface area contributed by atoms with Gasteiger partial charge in [0, 0.05) is 18.7 Å². The molecule has 31 heavy (non-hydrogen) atoms. The van der Waals surface area contributed by atoms with Crippen LogP contribution < -0.4 is 4.74 Å². The second-order valence-electron chi connectivity index (χ2n) is 7.43. The summed E-state index contributed by atoms with van der Waals surface area (Å²) in [4.78, 5) is 29.6. The molecule has 2 aromatic rings. The number of likely N-dealkylation sites (tertiary alicyclic amines) is 1. The Morgan fingerprint density at radius 1 is 1.16 bits per heavy atom. The molecule has 3 rings (SSSR count). The van der Waals surface area contributed by atoms with E-state index in [0.29, 0.717) is 42.5 Å². The van der Waals surface area contributed by atoms with Crippen molar-refractivity contribution in [2.75, 3.05) is 32.8 Å². The standard InChI is InChI=1S/C24H30N2O5/c1-5-25(6-2)13-14-26-21(19-12-11-16(4)31-19)20(23(28)24(26)29)22(27)17-9-8-10-18(15-17)30-7-3/h8-12,15,21,27H,5-7,13-14H2,1-4H3/b22-20-. The van der Waals surface area contributed by atoms with Crippen molar-refractivity contribution in [3.8, 4) is 5.75 Å². The van der Waals surface area contributed by atoms with Crippen LogP contribution in [0.4, 0.5) is 0 Å². The Kier molecular flexibility index (Phi) is 7.17. The van der Waals surface area contributed by atoms with E-state index >= 15 is 0 Å². The third kappa shape index (κ3) is 4.66. The number of carbonyl (C=O) groups excluding carboxylic acids is 2.